The minimum absolute atomic E-state index is 0.0165. The molecule has 1 rings (SSSR count). The van der Waals surface area contributed by atoms with Crippen molar-refractivity contribution in [3.05, 3.63) is 36.5 Å². The maximum Gasteiger partial charge on any atom is 0.303 e. The SMILES string of the molecule is CCCCC(C)(C)[C@H](O)/C=C/[C@H]1C=CC(=O)[C@@H]1CC=CCCCC(=O)O. The topological polar surface area (TPSA) is 74.6 Å². The van der Waals surface area contributed by atoms with E-state index in [0.717, 1.165) is 19.3 Å². The number of unbranched alkanes of at least 4 members (excludes halogenated alkanes) is 2. The van der Waals surface area contributed by atoms with Gasteiger partial charge in [0.1, 0.15) is 0 Å². The third kappa shape index (κ3) is 7.69. The number of carbonyl (C=O) groups is 2. The van der Waals surface area contributed by atoms with Crippen LogP contribution in [0.2, 0.25) is 0 Å². The molecule has 0 spiro atoms. The number of carboxylic acids is 1. The average molecular weight is 363 g/mol. The molecular formula is C22H34O4. The number of carbonyl (C=O) groups excluding carboxylic acids is 1. The maximum absolute atomic E-state index is 12.1. The molecule has 0 amide bonds. The summed E-state index contributed by atoms with van der Waals surface area (Å²) in [4.78, 5) is 22.6. The Morgan fingerprint density at radius 3 is 2.69 bits per heavy atom. The number of aliphatic hydroxyl groups excluding tert-OH is 1. The number of ketones is 1. The Morgan fingerprint density at radius 2 is 2.04 bits per heavy atom. The summed E-state index contributed by atoms with van der Waals surface area (Å²) in [7, 11) is 0. The summed E-state index contributed by atoms with van der Waals surface area (Å²) in [5.74, 6) is -0.760. The van der Waals surface area contributed by atoms with Gasteiger partial charge in [-0.25, -0.2) is 0 Å². The summed E-state index contributed by atoms with van der Waals surface area (Å²) in [6.45, 7) is 6.29. The molecule has 4 nitrogen and oxygen atoms in total. The van der Waals surface area contributed by atoms with Crippen LogP contribution >= 0.6 is 0 Å². The van der Waals surface area contributed by atoms with Crippen LogP contribution in [0.3, 0.4) is 0 Å². The van der Waals surface area contributed by atoms with Crippen molar-refractivity contribution >= 4 is 11.8 Å². The predicted molar refractivity (Wildman–Crippen MR) is 105 cm³/mol. The molecule has 0 aliphatic heterocycles. The minimum Gasteiger partial charge on any atom is -0.481 e. The molecule has 0 saturated carbocycles. The molecular weight excluding hydrogens is 328 g/mol. The van der Waals surface area contributed by atoms with E-state index in [1.54, 1.807) is 6.08 Å². The predicted octanol–water partition coefficient (Wildman–Crippen LogP) is 4.69. The molecule has 0 fully saturated rings. The first-order chi connectivity index (χ1) is 12.3. The molecule has 1 aliphatic carbocycles. The van der Waals surface area contributed by atoms with E-state index in [2.05, 4.69) is 20.8 Å². The van der Waals surface area contributed by atoms with Crippen LogP contribution in [-0.4, -0.2) is 28.1 Å². The van der Waals surface area contributed by atoms with Gasteiger partial charge in [-0.15, -0.1) is 0 Å². The first-order valence-electron chi connectivity index (χ1n) is 9.73. The van der Waals surface area contributed by atoms with Crippen LogP contribution < -0.4 is 0 Å². The van der Waals surface area contributed by atoms with Gasteiger partial charge in [0.05, 0.1) is 6.10 Å². The lowest BCUT2D eigenvalue weighted by atomic mass is 9.80. The summed E-state index contributed by atoms with van der Waals surface area (Å²) in [5, 5.41) is 19.1. The third-order valence-electron chi connectivity index (χ3n) is 5.12. The van der Waals surface area contributed by atoms with Crippen molar-refractivity contribution in [3.8, 4) is 0 Å². The Kier molecular flexibility index (Phi) is 9.57. The lowest BCUT2D eigenvalue weighted by Crippen LogP contribution is -2.27. The van der Waals surface area contributed by atoms with Gasteiger partial charge in [0.25, 0.3) is 0 Å². The van der Waals surface area contributed by atoms with E-state index in [9.17, 15) is 14.7 Å². The number of allylic oxidation sites excluding steroid dienone is 5. The van der Waals surface area contributed by atoms with E-state index in [1.807, 2.05) is 30.4 Å². The molecule has 0 aromatic heterocycles. The van der Waals surface area contributed by atoms with Crippen LogP contribution in [0.4, 0.5) is 0 Å². The van der Waals surface area contributed by atoms with E-state index < -0.39 is 12.1 Å². The van der Waals surface area contributed by atoms with Gasteiger partial charge in [0.15, 0.2) is 5.78 Å². The Bertz CT molecular complexity index is 542. The summed E-state index contributed by atoms with van der Waals surface area (Å²) >= 11 is 0. The fourth-order valence-corrected chi connectivity index (χ4v) is 3.13. The number of rotatable bonds is 12. The molecule has 0 bridgehead atoms. The number of carboxylic acid groups (broad SMARTS) is 1. The van der Waals surface area contributed by atoms with Gasteiger partial charge >= 0.3 is 5.97 Å². The van der Waals surface area contributed by atoms with Crippen LogP contribution in [0.15, 0.2) is 36.5 Å². The number of hydrogen-bond donors (Lipinski definition) is 2. The van der Waals surface area contributed by atoms with Crippen molar-refractivity contribution < 1.29 is 19.8 Å². The largest absolute Gasteiger partial charge is 0.481 e. The lowest BCUT2D eigenvalue weighted by Gasteiger charge is -2.28. The first kappa shape index (κ1) is 22.4. The van der Waals surface area contributed by atoms with Gasteiger partial charge in [-0.2, -0.15) is 0 Å². The zero-order chi connectivity index (χ0) is 19.6. The Balaban J connectivity index is 2.54. The van der Waals surface area contributed by atoms with Gasteiger partial charge in [0.2, 0.25) is 0 Å². The van der Waals surface area contributed by atoms with Gasteiger partial charge in [-0.1, -0.05) is 64.0 Å². The minimum atomic E-state index is -0.779. The third-order valence-corrected chi connectivity index (χ3v) is 5.12. The molecule has 0 heterocycles. The standard InChI is InChI=1S/C22H34O4/c1-4-5-16-22(2,3)20(24)15-13-17-12-14-19(23)18(17)10-8-6-7-9-11-21(25)26/h6,8,12-15,17-18,20,24H,4-5,7,9-11,16H2,1-3H3,(H,25,26)/b8-6?,15-13+/t17-,18-,20-/m1/s1. The highest BCUT2D eigenvalue weighted by Crippen LogP contribution is 2.31. The normalized spacial score (nSPS) is 21.9. The van der Waals surface area contributed by atoms with E-state index in [1.165, 1.54) is 0 Å². The highest BCUT2D eigenvalue weighted by Gasteiger charge is 2.29. The van der Waals surface area contributed by atoms with Crippen LogP contribution in [-0.2, 0) is 9.59 Å². The molecule has 1 aliphatic rings. The van der Waals surface area contributed by atoms with Crippen LogP contribution in [0, 0.1) is 17.3 Å². The Hall–Kier alpha value is -1.68. The molecule has 0 aromatic carbocycles. The van der Waals surface area contributed by atoms with E-state index >= 15 is 0 Å². The van der Waals surface area contributed by atoms with Gasteiger partial charge < -0.3 is 10.2 Å². The second kappa shape index (κ2) is 11.1. The molecule has 26 heavy (non-hydrogen) atoms. The van der Waals surface area contributed by atoms with Crippen molar-refractivity contribution in [2.24, 2.45) is 17.3 Å². The highest BCUT2D eigenvalue weighted by atomic mass is 16.4. The second-order valence-electron chi connectivity index (χ2n) is 7.86. The molecule has 3 atom stereocenters. The van der Waals surface area contributed by atoms with Gasteiger partial charge in [0, 0.05) is 18.3 Å². The second-order valence-corrected chi connectivity index (χ2v) is 7.86. The van der Waals surface area contributed by atoms with Crippen molar-refractivity contribution in [2.45, 2.75) is 71.8 Å². The van der Waals surface area contributed by atoms with Crippen molar-refractivity contribution in [1.29, 1.82) is 0 Å². The molecule has 0 aromatic rings. The molecule has 4 heteroatoms. The first-order valence-corrected chi connectivity index (χ1v) is 9.73. The summed E-state index contributed by atoms with van der Waals surface area (Å²) in [6.07, 6.45) is 16.1. The molecule has 146 valence electrons. The molecule has 0 saturated heterocycles. The summed E-state index contributed by atoms with van der Waals surface area (Å²) in [6, 6.07) is 0. The average Bonchev–Trinajstić information content (AvgIpc) is 2.93. The van der Waals surface area contributed by atoms with Gasteiger partial charge in [-0.05, 0) is 37.2 Å². The van der Waals surface area contributed by atoms with E-state index in [4.69, 9.17) is 5.11 Å². The zero-order valence-corrected chi connectivity index (χ0v) is 16.4. The smallest absolute Gasteiger partial charge is 0.303 e. The zero-order valence-electron chi connectivity index (χ0n) is 16.4. The quantitative estimate of drug-likeness (QED) is 0.390. The van der Waals surface area contributed by atoms with Crippen LogP contribution in [0.1, 0.15) is 65.7 Å². The fourth-order valence-electron chi connectivity index (χ4n) is 3.13. The Labute approximate surface area is 157 Å². The summed E-state index contributed by atoms with van der Waals surface area (Å²) in [5.41, 5.74) is -0.168. The van der Waals surface area contributed by atoms with E-state index in [0.29, 0.717) is 19.3 Å². The monoisotopic (exact) mass is 362 g/mol. The summed E-state index contributed by atoms with van der Waals surface area (Å²) < 4.78 is 0. The molecule has 0 radical (unpaired) electrons. The fraction of sp³-hybridized carbons (Fsp3) is 0.636. The highest BCUT2D eigenvalue weighted by molar-refractivity contribution is 5.95. The van der Waals surface area contributed by atoms with E-state index in [-0.39, 0.29) is 29.5 Å². The van der Waals surface area contributed by atoms with Gasteiger partial charge in [-0.3, -0.25) is 9.59 Å². The Morgan fingerprint density at radius 1 is 1.31 bits per heavy atom. The van der Waals surface area contributed by atoms with Crippen LogP contribution in [0.25, 0.3) is 0 Å². The van der Waals surface area contributed by atoms with Crippen LogP contribution in [0.5, 0.6) is 0 Å². The number of aliphatic hydroxyl groups is 1. The maximum atomic E-state index is 12.1. The van der Waals surface area contributed by atoms with Crippen molar-refractivity contribution in [1.82, 2.24) is 0 Å². The molecule has 2 N–H and O–H groups in total. The molecule has 0 unspecified atom stereocenters. The van der Waals surface area contributed by atoms with Crippen molar-refractivity contribution in [3.63, 3.8) is 0 Å². The number of hydrogen-bond acceptors (Lipinski definition) is 3. The lowest BCUT2D eigenvalue weighted by molar-refractivity contribution is -0.137. The number of aliphatic carboxylic acids is 1. The van der Waals surface area contributed by atoms with Crippen molar-refractivity contribution in [2.75, 3.05) is 0 Å².